The van der Waals surface area contributed by atoms with E-state index in [0.717, 1.165) is 34.9 Å². The van der Waals surface area contributed by atoms with Crippen LogP contribution in [0.5, 0.6) is 5.75 Å². The second-order valence-electron chi connectivity index (χ2n) is 4.33. The Morgan fingerprint density at radius 3 is 2.83 bits per heavy atom. The molecule has 1 aromatic heterocycles. The first-order valence-electron chi connectivity index (χ1n) is 5.93. The monoisotopic (exact) mass is 263 g/mol. The number of fused-ring (bicyclic) bond motifs is 1. The number of nitrogens with zero attached hydrogens (tertiary/aromatic N) is 1. The highest BCUT2D eigenvalue weighted by molar-refractivity contribution is 6.30. The van der Waals surface area contributed by atoms with E-state index in [0.29, 0.717) is 0 Å². The van der Waals surface area contributed by atoms with Crippen molar-refractivity contribution >= 4 is 11.6 Å². The molecule has 94 valence electrons. The molecule has 0 aliphatic carbocycles. The molecule has 0 spiro atoms. The Balaban J connectivity index is 2.11. The average molecular weight is 264 g/mol. The van der Waals surface area contributed by atoms with E-state index in [4.69, 9.17) is 21.1 Å². The number of halogens is 1. The van der Waals surface area contributed by atoms with E-state index in [1.54, 1.807) is 7.11 Å². The predicted octanol–water partition coefficient (Wildman–Crippen LogP) is 3.43. The zero-order chi connectivity index (χ0) is 12.5. The fourth-order valence-electron chi connectivity index (χ4n) is 2.27. The first kappa shape index (κ1) is 11.6. The quantitative estimate of drug-likeness (QED) is 0.829. The molecule has 0 fully saturated rings. The Bertz CT molecular complexity index is 551. The molecule has 1 aliphatic heterocycles. The van der Waals surface area contributed by atoms with Crippen LogP contribution in [0.2, 0.25) is 5.02 Å². The van der Waals surface area contributed by atoms with Crippen molar-refractivity contribution in [3.05, 3.63) is 47.2 Å². The van der Waals surface area contributed by atoms with Crippen molar-refractivity contribution in [2.24, 2.45) is 0 Å². The molecule has 0 saturated carbocycles. The fourth-order valence-corrected chi connectivity index (χ4v) is 2.51. The predicted molar refractivity (Wildman–Crippen MR) is 70.5 cm³/mol. The van der Waals surface area contributed by atoms with Crippen molar-refractivity contribution < 1.29 is 9.47 Å². The summed E-state index contributed by atoms with van der Waals surface area (Å²) >= 11 is 6.17. The minimum absolute atomic E-state index is 0.173. The highest BCUT2D eigenvalue weighted by atomic mass is 35.5. The molecule has 1 unspecified atom stereocenters. The molecule has 18 heavy (non-hydrogen) atoms. The van der Waals surface area contributed by atoms with Gasteiger partial charge in [-0.15, -0.1) is 0 Å². The van der Waals surface area contributed by atoms with Crippen LogP contribution in [0.25, 0.3) is 5.69 Å². The first-order chi connectivity index (χ1) is 8.78. The second kappa shape index (κ2) is 4.67. The number of benzene rings is 1. The average Bonchev–Trinajstić information content (AvgIpc) is 2.91. The van der Waals surface area contributed by atoms with Gasteiger partial charge in [0, 0.05) is 30.9 Å². The zero-order valence-electron chi connectivity index (χ0n) is 10.1. The minimum Gasteiger partial charge on any atom is -0.462 e. The molecular weight excluding hydrogens is 250 g/mol. The number of rotatable bonds is 2. The highest BCUT2D eigenvalue weighted by Crippen LogP contribution is 2.36. The minimum atomic E-state index is -0.173. The molecule has 1 aromatic carbocycles. The van der Waals surface area contributed by atoms with Crippen molar-refractivity contribution in [1.29, 1.82) is 0 Å². The van der Waals surface area contributed by atoms with Gasteiger partial charge in [0.2, 0.25) is 0 Å². The number of ether oxygens (including phenoxy) is 2. The van der Waals surface area contributed by atoms with E-state index in [1.807, 2.05) is 41.2 Å². The SMILES string of the molecule is COC1CCc2cc(Cl)cc(-n3cccc3)c2O1. The van der Waals surface area contributed by atoms with Gasteiger partial charge in [0.05, 0.1) is 5.69 Å². The molecule has 2 heterocycles. The molecule has 0 N–H and O–H groups in total. The van der Waals surface area contributed by atoms with Gasteiger partial charge in [-0.25, -0.2) is 0 Å². The molecule has 0 amide bonds. The molecule has 1 atom stereocenters. The van der Waals surface area contributed by atoms with Crippen LogP contribution in [0.1, 0.15) is 12.0 Å². The van der Waals surface area contributed by atoms with Gasteiger partial charge in [0.25, 0.3) is 0 Å². The molecule has 4 heteroatoms. The Morgan fingerprint density at radius 1 is 1.33 bits per heavy atom. The normalized spacial score (nSPS) is 18.2. The summed E-state index contributed by atoms with van der Waals surface area (Å²) in [6.07, 6.45) is 5.56. The van der Waals surface area contributed by atoms with Crippen LogP contribution >= 0.6 is 11.6 Å². The summed E-state index contributed by atoms with van der Waals surface area (Å²) in [5.74, 6) is 0.869. The van der Waals surface area contributed by atoms with E-state index >= 15 is 0 Å². The smallest absolute Gasteiger partial charge is 0.199 e. The first-order valence-corrected chi connectivity index (χ1v) is 6.31. The van der Waals surface area contributed by atoms with Gasteiger partial charge in [-0.3, -0.25) is 0 Å². The van der Waals surface area contributed by atoms with Crippen LogP contribution in [0, 0.1) is 0 Å². The van der Waals surface area contributed by atoms with Crippen molar-refractivity contribution in [2.45, 2.75) is 19.1 Å². The van der Waals surface area contributed by atoms with Gasteiger partial charge in [-0.2, -0.15) is 0 Å². The van der Waals surface area contributed by atoms with Gasteiger partial charge >= 0.3 is 0 Å². The number of aryl methyl sites for hydroxylation is 1. The topological polar surface area (TPSA) is 23.4 Å². The molecule has 0 bridgehead atoms. The van der Waals surface area contributed by atoms with Gasteiger partial charge in [-0.05, 0) is 36.2 Å². The molecule has 0 radical (unpaired) electrons. The third kappa shape index (κ3) is 2.00. The van der Waals surface area contributed by atoms with Gasteiger partial charge in [0.15, 0.2) is 6.29 Å². The summed E-state index contributed by atoms with van der Waals surface area (Å²) in [5, 5.41) is 0.733. The van der Waals surface area contributed by atoms with Crippen LogP contribution in [0.3, 0.4) is 0 Å². The zero-order valence-corrected chi connectivity index (χ0v) is 10.9. The summed E-state index contributed by atoms with van der Waals surface area (Å²) in [4.78, 5) is 0. The Hall–Kier alpha value is -1.45. The van der Waals surface area contributed by atoms with E-state index in [-0.39, 0.29) is 6.29 Å². The van der Waals surface area contributed by atoms with Gasteiger partial charge in [0.1, 0.15) is 5.75 Å². The largest absolute Gasteiger partial charge is 0.462 e. The lowest BCUT2D eigenvalue weighted by Crippen LogP contribution is -2.25. The second-order valence-corrected chi connectivity index (χ2v) is 4.76. The lowest BCUT2D eigenvalue weighted by atomic mass is 10.0. The fraction of sp³-hybridized carbons (Fsp3) is 0.286. The van der Waals surface area contributed by atoms with Crippen LogP contribution < -0.4 is 4.74 Å². The maximum atomic E-state index is 6.17. The molecule has 3 rings (SSSR count). The Kier molecular flexibility index (Phi) is 3.02. The molecule has 1 aliphatic rings. The summed E-state index contributed by atoms with van der Waals surface area (Å²) in [7, 11) is 1.67. The van der Waals surface area contributed by atoms with E-state index < -0.39 is 0 Å². The Morgan fingerprint density at radius 2 is 2.11 bits per heavy atom. The standard InChI is InChI=1S/C14H14ClNO2/c1-17-13-5-4-10-8-11(15)9-12(14(10)18-13)16-6-2-3-7-16/h2-3,6-9,13H,4-5H2,1H3. The maximum absolute atomic E-state index is 6.17. The molecule has 2 aromatic rings. The van der Waals surface area contributed by atoms with E-state index in [2.05, 4.69) is 0 Å². The van der Waals surface area contributed by atoms with Crippen LogP contribution in [0.4, 0.5) is 0 Å². The number of aromatic nitrogens is 1. The molecular formula is C14H14ClNO2. The van der Waals surface area contributed by atoms with Crippen molar-refractivity contribution in [3.63, 3.8) is 0 Å². The molecule has 3 nitrogen and oxygen atoms in total. The third-order valence-electron chi connectivity index (χ3n) is 3.16. The lowest BCUT2D eigenvalue weighted by Gasteiger charge is -2.27. The Labute approximate surface area is 111 Å². The van der Waals surface area contributed by atoms with Crippen LogP contribution in [0.15, 0.2) is 36.7 Å². The summed E-state index contributed by atoms with van der Waals surface area (Å²) in [5.41, 5.74) is 2.10. The lowest BCUT2D eigenvalue weighted by molar-refractivity contribution is -0.0653. The number of hydrogen-bond acceptors (Lipinski definition) is 2. The van der Waals surface area contributed by atoms with Crippen molar-refractivity contribution in [3.8, 4) is 11.4 Å². The molecule has 0 saturated heterocycles. The van der Waals surface area contributed by atoms with Crippen LogP contribution in [-0.4, -0.2) is 18.0 Å². The third-order valence-corrected chi connectivity index (χ3v) is 3.37. The van der Waals surface area contributed by atoms with Crippen molar-refractivity contribution in [1.82, 2.24) is 4.57 Å². The number of methoxy groups -OCH3 is 1. The van der Waals surface area contributed by atoms with Crippen LogP contribution in [-0.2, 0) is 11.2 Å². The van der Waals surface area contributed by atoms with E-state index in [1.165, 1.54) is 0 Å². The maximum Gasteiger partial charge on any atom is 0.199 e. The van der Waals surface area contributed by atoms with Crippen molar-refractivity contribution in [2.75, 3.05) is 7.11 Å². The summed E-state index contributed by atoms with van der Waals surface area (Å²) in [6, 6.07) is 7.84. The van der Waals surface area contributed by atoms with E-state index in [9.17, 15) is 0 Å². The highest BCUT2D eigenvalue weighted by Gasteiger charge is 2.23. The van der Waals surface area contributed by atoms with Gasteiger partial charge in [-0.1, -0.05) is 11.6 Å². The summed E-state index contributed by atoms with van der Waals surface area (Å²) in [6.45, 7) is 0. The summed E-state index contributed by atoms with van der Waals surface area (Å²) < 4.78 is 13.2. The number of hydrogen-bond donors (Lipinski definition) is 0. The van der Waals surface area contributed by atoms with Gasteiger partial charge < -0.3 is 14.0 Å².